The third-order valence-electron chi connectivity index (χ3n) is 4.68. The van der Waals surface area contributed by atoms with Crippen LogP contribution in [0, 0.1) is 12.8 Å². The summed E-state index contributed by atoms with van der Waals surface area (Å²) in [5, 5.41) is 4.08. The topological polar surface area (TPSA) is 58.1 Å². The van der Waals surface area contributed by atoms with Gasteiger partial charge in [-0.3, -0.25) is 9.78 Å². The molecule has 1 aromatic carbocycles. The summed E-state index contributed by atoms with van der Waals surface area (Å²) in [6, 6.07) is 12.0. The number of para-hydroxylation sites is 1. The number of amides is 1. The molecule has 0 unspecified atom stereocenters. The van der Waals surface area contributed by atoms with Crippen molar-refractivity contribution in [1.82, 2.24) is 9.97 Å². The van der Waals surface area contributed by atoms with Crippen LogP contribution in [0.15, 0.2) is 42.6 Å². The Morgan fingerprint density at radius 2 is 2.00 bits per heavy atom. The molecule has 0 spiro atoms. The van der Waals surface area contributed by atoms with E-state index in [0.29, 0.717) is 0 Å². The van der Waals surface area contributed by atoms with Crippen LogP contribution in [-0.4, -0.2) is 29.0 Å². The third kappa shape index (κ3) is 3.35. The van der Waals surface area contributed by atoms with Crippen LogP contribution >= 0.6 is 11.3 Å². The Morgan fingerprint density at radius 1 is 1.20 bits per heavy atom. The molecule has 4 rings (SSSR count). The Bertz CT molecular complexity index is 866. The SMILES string of the molecule is Cc1ncccc1NC(=O)C1CCN(c2nc3ccccc3s2)CC1. The lowest BCUT2D eigenvalue weighted by Crippen LogP contribution is -2.38. The van der Waals surface area contributed by atoms with E-state index in [1.54, 1.807) is 17.5 Å². The van der Waals surface area contributed by atoms with Gasteiger partial charge in [-0.05, 0) is 44.0 Å². The summed E-state index contributed by atoms with van der Waals surface area (Å²) in [6.07, 6.45) is 3.43. The fraction of sp³-hybridized carbons (Fsp3) is 0.316. The minimum Gasteiger partial charge on any atom is -0.348 e. The molecule has 0 radical (unpaired) electrons. The highest BCUT2D eigenvalue weighted by Gasteiger charge is 2.26. The molecule has 1 aliphatic rings. The van der Waals surface area contributed by atoms with Gasteiger partial charge in [-0.25, -0.2) is 4.98 Å². The Balaban J connectivity index is 1.39. The number of thiazole rings is 1. The lowest BCUT2D eigenvalue weighted by Gasteiger charge is -2.31. The zero-order valence-corrected chi connectivity index (χ0v) is 14.9. The van der Waals surface area contributed by atoms with E-state index in [0.717, 1.165) is 48.0 Å². The second-order valence-electron chi connectivity index (χ2n) is 6.35. The van der Waals surface area contributed by atoms with E-state index >= 15 is 0 Å². The monoisotopic (exact) mass is 352 g/mol. The molecule has 0 bridgehead atoms. The van der Waals surface area contributed by atoms with Gasteiger partial charge in [0.15, 0.2) is 5.13 Å². The fourth-order valence-electron chi connectivity index (χ4n) is 3.18. The van der Waals surface area contributed by atoms with Crippen LogP contribution in [0.4, 0.5) is 10.8 Å². The first kappa shape index (κ1) is 16.0. The van der Waals surface area contributed by atoms with Gasteiger partial charge in [0.1, 0.15) is 0 Å². The zero-order valence-electron chi connectivity index (χ0n) is 14.1. The van der Waals surface area contributed by atoms with E-state index in [1.165, 1.54) is 4.70 Å². The zero-order chi connectivity index (χ0) is 17.2. The van der Waals surface area contributed by atoms with Crippen molar-refractivity contribution in [3.63, 3.8) is 0 Å². The van der Waals surface area contributed by atoms with Gasteiger partial charge in [-0.15, -0.1) is 0 Å². The number of pyridine rings is 1. The fourth-order valence-corrected chi connectivity index (χ4v) is 4.20. The van der Waals surface area contributed by atoms with Crippen LogP contribution in [0.5, 0.6) is 0 Å². The van der Waals surface area contributed by atoms with Crippen molar-refractivity contribution in [3.05, 3.63) is 48.3 Å². The number of nitrogens with one attached hydrogen (secondary N) is 1. The molecule has 1 saturated heterocycles. The number of nitrogens with zero attached hydrogens (tertiary/aromatic N) is 3. The first-order valence-corrected chi connectivity index (χ1v) is 9.35. The number of carbonyl (C=O) groups is 1. The molecule has 3 aromatic rings. The number of aryl methyl sites for hydroxylation is 1. The molecule has 0 aliphatic carbocycles. The van der Waals surface area contributed by atoms with Gasteiger partial charge in [0.2, 0.25) is 5.91 Å². The molecule has 5 nitrogen and oxygen atoms in total. The van der Waals surface area contributed by atoms with Crippen LogP contribution in [-0.2, 0) is 4.79 Å². The van der Waals surface area contributed by atoms with E-state index in [9.17, 15) is 4.79 Å². The minimum atomic E-state index is 0.0465. The number of fused-ring (bicyclic) bond motifs is 1. The van der Waals surface area contributed by atoms with Crippen LogP contribution in [0.1, 0.15) is 18.5 Å². The molecule has 128 valence electrons. The first-order chi connectivity index (χ1) is 12.2. The Labute approximate surface area is 150 Å². The third-order valence-corrected chi connectivity index (χ3v) is 5.78. The highest BCUT2D eigenvalue weighted by Crippen LogP contribution is 2.31. The Morgan fingerprint density at radius 3 is 2.76 bits per heavy atom. The van der Waals surface area contributed by atoms with Crippen LogP contribution < -0.4 is 10.2 Å². The van der Waals surface area contributed by atoms with Crippen molar-refractivity contribution in [2.75, 3.05) is 23.3 Å². The molecule has 3 heterocycles. The van der Waals surface area contributed by atoms with Crippen molar-refractivity contribution in [3.8, 4) is 0 Å². The maximum Gasteiger partial charge on any atom is 0.227 e. The molecule has 0 atom stereocenters. The molecule has 1 aliphatic heterocycles. The van der Waals surface area contributed by atoms with Gasteiger partial charge < -0.3 is 10.2 Å². The second kappa shape index (κ2) is 6.80. The number of hydrogen-bond donors (Lipinski definition) is 1. The standard InChI is InChI=1S/C19H20N4OS/c1-13-15(6-4-10-20-13)21-18(24)14-8-11-23(12-9-14)19-22-16-5-2-3-7-17(16)25-19/h2-7,10,14H,8-9,11-12H2,1H3,(H,21,24). The van der Waals surface area contributed by atoms with Gasteiger partial charge >= 0.3 is 0 Å². The number of benzene rings is 1. The van der Waals surface area contributed by atoms with Crippen LogP contribution in [0.25, 0.3) is 10.2 Å². The number of rotatable bonds is 3. The van der Waals surface area contributed by atoms with E-state index in [-0.39, 0.29) is 11.8 Å². The molecule has 6 heteroatoms. The smallest absolute Gasteiger partial charge is 0.227 e. The number of aromatic nitrogens is 2. The summed E-state index contributed by atoms with van der Waals surface area (Å²) in [5.41, 5.74) is 2.71. The highest BCUT2D eigenvalue weighted by atomic mass is 32.1. The number of piperidine rings is 1. The van der Waals surface area contributed by atoms with E-state index in [2.05, 4.69) is 21.3 Å². The van der Waals surface area contributed by atoms with E-state index in [4.69, 9.17) is 4.98 Å². The van der Waals surface area contributed by atoms with E-state index in [1.807, 2.05) is 37.3 Å². The lowest BCUT2D eigenvalue weighted by molar-refractivity contribution is -0.120. The molecule has 25 heavy (non-hydrogen) atoms. The van der Waals surface area contributed by atoms with E-state index < -0.39 is 0 Å². The highest BCUT2D eigenvalue weighted by molar-refractivity contribution is 7.22. The van der Waals surface area contributed by atoms with Crippen molar-refractivity contribution in [2.45, 2.75) is 19.8 Å². The molecule has 1 N–H and O–H groups in total. The van der Waals surface area contributed by atoms with Gasteiger partial charge in [0.25, 0.3) is 0 Å². The largest absolute Gasteiger partial charge is 0.348 e. The Kier molecular flexibility index (Phi) is 4.36. The lowest BCUT2D eigenvalue weighted by atomic mass is 9.96. The van der Waals surface area contributed by atoms with Gasteiger partial charge in [0, 0.05) is 25.2 Å². The Hall–Kier alpha value is -2.47. The molecule has 1 fully saturated rings. The summed E-state index contributed by atoms with van der Waals surface area (Å²) >= 11 is 1.72. The van der Waals surface area contributed by atoms with Crippen molar-refractivity contribution >= 4 is 38.3 Å². The van der Waals surface area contributed by atoms with Gasteiger partial charge in [-0.2, -0.15) is 0 Å². The molecule has 0 saturated carbocycles. The summed E-state index contributed by atoms with van der Waals surface area (Å²) in [4.78, 5) is 23.8. The van der Waals surface area contributed by atoms with Crippen molar-refractivity contribution < 1.29 is 4.79 Å². The second-order valence-corrected chi connectivity index (χ2v) is 7.36. The van der Waals surface area contributed by atoms with Gasteiger partial charge in [-0.1, -0.05) is 23.5 Å². The van der Waals surface area contributed by atoms with Crippen LogP contribution in [0.2, 0.25) is 0 Å². The summed E-state index contributed by atoms with van der Waals surface area (Å²) in [6.45, 7) is 3.64. The van der Waals surface area contributed by atoms with Crippen molar-refractivity contribution in [2.24, 2.45) is 5.92 Å². The average molecular weight is 352 g/mol. The molecular formula is C19H20N4OS. The summed E-state index contributed by atoms with van der Waals surface area (Å²) in [7, 11) is 0. The number of carbonyl (C=O) groups excluding carboxylic acids is 1. The predicted molar refractivity (Wildman–Crippen MR) is 102 cm³/mol. The average Bonchev–Trinajstić information content (AvgIpc) is 3.08. The molecule has 1 amide bonds. The molecular weight excluding hydrogens is 332 g/mol. The number of anilines is 2. The van der Waals surface area contributed by atoms with Gasteiger partial charge in [0.05, 0.1) is 21.6 Å². The summed E-state index contributed by atoms with van der Waals surface area (Å²) < 4.78 is 1.21. The summed E-state index contributed by atoms with van der Waals surface area (Å²) in [5.74, 6) is 0.144. The normalized spacial score (nSPS) is 15.5. The molecule has 2 aromatic heterocycles. The maximum absolute atomic E-state index is 12.5. The van der Waals surface area contributed by atoms with Crippen LogP contribution in [0.3, 0.4) is 0 Å². The number of hydrogen-bond acceptors (Lipinski definition) is 5. The minimum absolute atomic E-state index is 0.0465. The quantitative estimate of drug-likeness (QED) is 0.778. The first-order valence-electron chi connectivity index (χ1n) is 8.54. The van der Waals surface area contributed by atoms with Crippen molar-refractivity contribution in [1.29, 1.82) is 0 Å². The predicted octanol–water partition coefficient (Wildman–Crippen LogP) is 3.85. The maximum atomic E-state index is 12.5.